The van der Waals surface area contributed by atoms with Gasteiger partial charge >= 0.3 is 0 Å². The first kappa shape index (κ1) is 10.8. The van der Waals surface area contributed by atoms with Crippen LogP contribution in [0.15, 0.2) is 36.4 Å². The third-order valence-electron chi connectivity index (χ3n) is 3.02. The van der Waals surface area contributed by atoms with Crippen molar-refractivity contribution in [3.63, 3.8) is 0 Å². The third kappa shape index (κ3) is 1.85. The molecule has 1 aliphatic rings. The molecule has 4 rings (SSSR count). The average Bonchev–Trinajstić information content (AvgIpc) is 2.90. The minimum Gasteiger partial charge on any atom is -0.486 e. The summed E-state index contributed by atoms with van der Waals surface area (Å²) in [6.07, 6.45) is 0. The van der Waals surface area contributed by atoms with E-state index >= 15 is 0 Å². The van der Waals surface area contributed by atoms with Crippen molar-refractivity contribution in [3.05, 3.63) is 42.5 Å². The molecule has 0 bridgehead atoms. The van der Waals surface area contributed by atoms with Crippen LogP contribution in [0.25, 0.3) is 20.8 Å². The largest absolute Gasteiger partial charge is 0.486 e. The van der Waals surface area contributed by atoms with Crippen LogP contribution in [0.4, 0.5) is 0 Å². The van der Waals surface area contributed by atoms with Gasteiger partial charge in [-0.1, -0.05) is 6.07 Å². The van der Waals surface area contributed by atoms with Crippen molar-refractivity contribution < 1.29 is 9.47 Å². The van der Waals surface area contributed by atoms with Crippen LogP contribution >= 0.6 is 11.3 Å². The van der Waals surface area contributed by atoms with Gasteiger partial charge in [-0.25, -0.2) is 4.98 Å². The number of hydrogen-bond acceptors (Lipinski definition) is 4. The summed E-state index contributed by atoms with van der Waals surface area (Å²) in [6, 6.07) is 14.9. The van der Waals surface area contributed by atoms with Gasteiger partial charge in [0.1, 0.15) is 18.2 Å². The Morgan fingerprint density at radius 3 is 2.89 bits per heavy atom. The van der Waals surface area contributed by atoms with Crippen LogP contribution in [0.5, 0.6) is 11.5 Å². The zero-order chi connectivity index (χ0) is 12.7. The van der Waals surface area contributed by atoms with E-state index in [-0.39, 0.29) is 0 Å². The number of aromatic nitrogens is 1. The Kier molecular flexibility index (Phi) is 2.42. The average molecular weight is 268 g/mol. The molecule has 0 spiro atoms. The second kappa shape index (κ2) is 4.24. The van der Waals surface area contributed by atoms with Crippen LogP contribution in [-0.4, -0.2) is 18.2 Å². The number of thiazole rings is 1. The molecule has 0 amide bonds. The van der Waals surface area contributed by atoms with Crippen molar-refractivity contribution in [2.24, 2.45) is 0 Å². The summed E-state index contributed by atoms with van der Waals surface area (Å²) >= 11 is 1.66. The van der Waals surface area contributed by atoms with Gasteiger partial charge in [-0.05, 0) is 36.4 Å². The summed E-state index contributed by atoms with van der Waals surface area (Å²) < 4.78 is 12.3. The Balaban J connectivity index is 1.83. The summed E-state index contributed by atoms with van der Waals surface area (Å²) in [5.74, 6) is 1.61. The lowest BCUT2D eigenvalue weighted by atomic mass is 10.2. The first-order valence-corrected chi connectivity index (χ1v) is 6.88. The van der Waals surface area contributed by atoms with Gasteiger partial charge in [0.25, 0.3) is 0 Å². The molecule has 0 unspecified atom stereocenters. The highest BCUT2D eigenvalue weighted by Gasteiger charge is 2.14. The van der Waals surface area contributed by atoms with E-state index in [2.05, 4.69) is 11.1 Å². The van der Waals surface area contributed by atoms with Crippen molar-refractivity contribution in [2.75, 3.05) is 13.2 Å². The molecular formula is C15H10NO2S. The van der Waals surface area contributed by atoms with Gasteiger partial charge in [-0.2, -0.15) is 0 Å². The van der Waals surface area contributed by atoms with E-state index in [1.165, 1.54) is 0 Å². The van der Waals surface area contributed by atoms with Gasteiger partial charge in [0.2, 0.25) is 0 Å². The van der Waals surface area contributed by atoms with Crippen LogP contribution in [0, 0.1) is 6.07 Å². The molecule has 0 saturated carbocycles. The Labute approximate surface area is 114 Å². The maximum Gasteiger partial charge on any atom is 0.162 e. The maximum absolute atomic E-state index is 5.61. The lowest BCUT2D eigenvalue weighted by Crippen LogP contribution is -2.15. The fourth-order valence-electron chi connectivity index (χ4n) is 2.12. The second-order valence-corrected chi connectivity index (χ2v) is 5.30. The van der Waals surface area contributed by atoms with Crippen molar-refractivity contribution in [1.29, 1.82) is 0 Å². The lowest BCUT2D eigenvalue weighted by Gasteiger charge is -2.18. The van der Waals surface area contributed by atoms with E-state index in [1.54, 1.807) is 11.3 Å². The number of fused-ring (bicyclic) bond motifs is 2. The SMILES string of the molecule is [c]1ccc2nc(-c3ccc4c(c3)OCCO4)sc2c1. The summed E-state index contributed by atoms with van der Waals surface area (Å²) in [5, 5.41) is 0.992. The zero-order valence-corrected chi connectivity index (χ0v) is 10.9. The molecule has 3 aromatic rings. The Morgan fingerprint density at radius 1 is 1.11 bits per heavy atom. The minimum absolute atomic E-state index is 0.602. The van der Waals surface area contributed by atoms with Gasteiger partial charge in [-0.15, -0.1) is 11.3 Å². The number of ether oxygens (including phenoxy) is 2. The molecule has 0 saturated heterocycles. The molecule has 0 atom stereocenters. The molecule has 1 radical (unpaired) electrons. The number of benzene rings is 2. The molecule has 4 heteroatoms. The first-order valence-electron chi connectivity index (χ1n) is 6.07. The van der Waals surface area contributed by atoms with Crippen molar-refractivity contribution in [1.82, 2.24) is 4.98 Å². The zero-order valence-electron chi connectivity index (χ0n) is 10.1. The van der Waals surface area contributed by atoms with Gasteiger partial charge in [0.05, 0.1) is 10.2 Å². The van der Waals surface area contributed by atoms with Gasteiger partial charge in [0.15, 0.2) is 11.5 Å². The predicted octanol–water partition coefficient (Wildman–Crippen LogP) is 3.53. The Hall–Kier alpha value is -2.07. The molecule has 19 heavy (non-hydrogen) atoms. The molecule has 3 nitrogen and oxygen atoms in total. The fraction of sp³-hybridized carbons (Fsp3) is 0.133. The van der Waals surface area contributed by atoms with E-state index in [9.17, 15) is 0 Å². The molecule has 1 aromatic heterocycles. The normalized spacial score (nSPS) is 13.7. The van der Waals surface area contributed by atoms with E-state index < -0.39 is 0 Å². The van der Waals surface area contributed by atoms with Crippen molar-refractivity contribution in [3.8, 4) is 22.1 Å². The third-order valence-corrected chi connectivity index (χ3v) is 4.09. The van der Waals surface area contributed by atoms with Gasteiger partial charge in [-0.3, -0.25) is 0 Å². The summed E-state index contributed by atoms with van der Waals surface area (Å²) in [7, 11) is 0. The molecule has 93 valence electrons. The first-order chi connectivity index (χ1) is 9.40. The maximum atomic E-state index is 5.61. The van der Waals surface area contributed by atoms with Crippen molar-refractivity contribution >= 4 is 21.6 Å². The van der Waals surface area contributed by atoms with Crippen LogP contribution in [0.1, 0.15) is 0 Å². The smallest absolute Gasteiger partial charge is 0.162 e. The van der Waals surface area contributed by atoms with E-state index in [0.29, 0.717) is 13.2 Å². The topological polar surface area (TPSA) is 31.4 Å². The van der Waals surface area contributed by atoms with Crippen LogP contribution in [-0.2, 0) is 0 Å². The van der Waals surface area contributed by atoms with Crippen LogP contribution in [0.2, 0.25) is 0 Å². The highest BCUT2D eigenvalue weighted by molar-refractivity contribution is 7.21. The number of rotatable bonds is 1. The second-order valence-electron chi connectivity index (χ2n) is 4.27. The monoisotopic (exact) mass is 268 g/mol. The summed E-state index contributed by atoms with van der Waals surface area (Å²) in [6.45, 7) is 1.22. The molecule has 0 fully saturated rings. The molecule has 1 aliphatic heterocycles. The summed E-state index contributed by atoms with van der Waals surface area (Å²) in [4.78, 5) is 4.63. The quantitative estimate of drug-likeness (QED) is 0.676. The number of hydrogen-bond donors (Lipinski definition) is 0. The Bertz CT molecular complexity index is 718. The molecule has 2 heterocycles. The van der Waals surface area contributed by atoms with E-state index in [0.717, 1.165) is 32.3 Å². The van der Waals surface area contributed by atoms with Gasteiger partial charge in [0, 0.05) is 5.56 Å². The summed E-state index contributed by atoms with van der Waals surface area (Å²) in [5.41, 5.74) is 2.07. The molecule has 0 aliphatic carbocycles. The van der Waals surface area contributed by atoms with Crippen LogP contribution < -0.4 is 9.47 Å². The highest BCUT2D eigenvalue weighted by Crippen LogP contribution is 2.37. The molecular weight excluding hydrogens is 258 g/mol. The minimum atomic E-state index is 0.602. The molecule has 0 N–H and O–H groups in total. The van der Waals surface area contributed by atoms with Crippen molar-refractivity contribution in [2.45, 2.75) is 0 Å². The number of nitrogens with zero attached hydrogens (tertiary/aromatic N) is 1. The lowest BCUT2D eigenvalue weighted by molar-refractivity contribution is 0.171. The standard InChI is InChI=1S/C15H10NO2S/c1-2-4-14-11(3-1)16-15(19-14)10-5-6-12-13(9-10)18-8-7-17-12/h1,3-6,9H,7-8H2. The van der Waals surface area contributed by atoms with E-state index in [1.807, 2.05) is 36.4 Å². The Morgan fingerprint density at radius 2 is 2.00 bits per heavy atom. The van der Waals surface area contributed by atoms with Gasteiger partial charge < -0.3 is 9.47 Å². The molecule has 2 aromatic carbocycles. The van der Waals surface area contributed by atoms with E-state index in [4.69, 9.17) is 9.47 Å². The fourth-order valence-corrected chi connectivity index (χ4v) is 3.06. The van der Waals surface area contributed by atoms with Crippen LogP contribution in [0.3, 0.4) is 0 Å². The highest BCUT2D eigenvalue weighted by atomic mass is 32.1. The predicted molar refractivity (Wildman–Crippen MR) is 74.9 cm³/mol.